The summed E-state index contributed by atoms with van der Waals surface area (Å²) in [4.78, 5) is 3.80. The molecule has 0 saturated carbocycles. The zero-order chi connectivity index (χ0) is 12.7. The van der Waals surface area contributed by atoms with Crippen molar-refractivity contribution in [1.82, 2.24) is 9.71 Å². The van der Waals surface area contributed by atoms with Gasteiger partial charge in [-0.05, 0) is 24.1 Å². The number of nitriles is 1. The first-order valence-electron chi connectivity index (χ1n) is 4.98. The highest BCUT2D eigenvalue weighted by Crippen LogP contribution is 2.07. The molecule has 0 aliphatic rings. The van der Waals surface area contributed by atoms with Crippen LogP contribution in [0.3, 0.4) is 0 Å². The van der Waals surface area contributed by atoms with Crippen molar-refractivity contribution in [2.45, 2.75) is 19.4 Å². The summed E-state index contributed by atoms with van der Waals surface area (Å²) < 4.78 is 25.4. The van der Waals surface area contributed by atoms with Gasteiger partial charge in [0.05, 0.1) is 11.8 Å². The Bertz CT molecular complexity index is 511. The minimum Gasteiger partial charge on any atom is -0.245 e. The van der Waals surface area contributed by atoms with E-state index in [-0.39, 0.29) is 18.7 Å². The minimum absolute atomic E-state index is 0.0423. The van der Waals surface area contributed by atoms with Gasteiger partial charge in [0.2, 0.25) is 10.0 Å². The molecular weight excluding hydrogens is 262 g/mol. The Hall–Kier alpha value is -1.16. The largest absolute Gasteiger partial charge is 0.245 e. The summed E-state index contributed by atoms with van der Waals surface area (Å²) in [6.07, 6.45) is 2.09. The predicted molar refractivity (Wildman–Crippen MR) is 64.7 cm³/mol. The van der Waals surface area contributed by atoms with Crippen molar-refractivity contribution in [2.75, 3.05) is 5.75 Å². The van der Waals surface area contributed by atoms with Crippen molar-refractivity contribution >= 4 is 21.6 Å². The molecule has 1 aromatic heterocycles. The molecule has 5 nitrogen and oxygen atoms in total. The SMILES string of the molecule is N#CCCCS(=O)(=O)NCc1ccnc(Cl)c1. The number of pyridine rings is 1. The Morgan fingerprint density at radius 2 is 2.29 bits per heavy atom. The summed E-state index contributed by atoms with van der Waals surface area (Å²) in [5, 5.41) is 8.64. The summed E-state index contributed by atoms with van der Waals surface area (Å²) in [5.74, 6) is -0.0423. The van der Waals surface area contributed by atoms with Gasteiger partial charge >= 0.3 is 0 Å². The van der Waals surface area contributed by atoms with E-state index >= 15 is 0 Å². The molecule has 17 heavy (non-hydrogen) atoms. The number of hydrogen-bond donors (Lipinski definition) is 1. The summed E-state index contributed by atoms with van der Waals surface area (Å²) in [5.41, 5.74) is 0.744. The average Bonchev–Trinajstić information content (AvgIpc) is 2.27. The van der Waals surface area contributed by atoms with E-state index in [1.807, 2.05) is 6.07 Å². The van der Waals surface area contributed by atoms with Crippen molar-refractivity contribution < 1.29 is 8.42 Å². The van der Waals surface area contributed by atoms with Crippen molar-refractivity contribution in [2.24, 2.45) is 0 Å². The molecule has 7 heteroatoms. The molecule has 0 fully saturated rings. The van der Waals surface area contributed by atoms with Gasteiger partial charge in [-0.3, -0.25) is 0 Å². The first-order chi connectivity index (χ1) is 8.03. The van der Waals surface area contributed by atoms with E-state index in [1.54, 1.807) is 12.1 Å². The number of aromatic nitrogens is 1. The van der Waals surface area contributed by atoms with Gasteiger partial charge in [0.25, 0.3) is 0 Å². The third-order valence-corrected chi connectivity index (χ3v) is 3.61. The van der Waals surface area contributed by atoms with E-state index in [1.165, 1.54) is 6.20 Å². The molecule has 1 heterocycles. The molecule has 0 radical (unpaired) electrons. The van der Waals surface area contributed by atoms with Gasteiger partial charge in [-0.1, -0.05) is 11.6 Å². The summed E-state index contributed by atoms with van der Waals surface area (Å²) in [6, 6.07) is 5.18. The number of nitrogens with one attached hydrogen (secondary N) is 1. The van der Waals surface area contributed by atoms with E-state index in [9.17, 15) is 8.42 Å². The van der Waals surface area contributed by atoms with Crippen LogP contribution in [0.5, 0.6) is 0 Å². The Kier molecular flexibility index (Phi) is 5.35. The molecular formula is C10H12ClN3O2S. The monoisotopic (exact) mass is 273 g/mol. The smallest absolute Gasteiger partial charge is 0.211 e. The molecule has 1 aromatic rings. The molecule has 0 unspecified atom stereocenters. The minimum atomic E-state index is -3.33. The maximum atomic E-state index is 11.5. The van der Waals surface area contributed by atoms with E-state index < -0.39 is 10.0 Å². The lowest BCUT2D eigenvalue weighted by molar-refractivity contribution is 0.579. The molecule has 0 saturated heterocycles. The van der Waals surface area contributed by atoms with Gasteiger partial charge in [-0.25, -0.2) is 18.1 Å². The van der Waals surface area contributed by atoms with E-state index in [0.717, 1.165) is 5.56 Å². The van der Waals surface area contributed by atoms with Crippen LogP contribution in [0.4, 0.5) is 0 Å². The molecule has 0 aromatic carbocycles. The van der Waals surface area contributed by atoms with Crippen molar-refractivity contribution in [3.63, 3.8) is 0 Å². The fourth-order valence-electron chi connectivity index (χ4n) is 1.16. The van der Waals surface area contributed by atoms with Gasteiger partial charge in [0.15, 0.2) is 0 Å². The van der Waals surface area contributed by atoms with E-state index in [4.69, 9.17) is 16.9 Å². The lowest BCUT2D eigenvalue weighted by Crippen LogP contribution is -2.25. The predicted octanol–water partition coefficient (Wildman–Crippen LogP) is 1.46. The van der Waals surface area contributed by atoms with Gasteiger partial charge in [-0.2, -0.15) is 5.26 Å². The van der Waals surface area contributed by atoms with Crippen LogP contribution in [0.15, 0.2) is 18.3 Å². The Morgan fingerprint density at radius 3 is 2.94 bits per heavy atom. The maximum Gasteiger partial charge on any atom is 0.211 e. The van der Waals surface area contributed by atoms with Crippen molar-refractivity contribution in [1.29, 1.82) is 5.26 Å². The van der Waals surface area contributed by atoms with Crippen LogP contribution >= 0.6 is 11.6 Å². The van der Waals surface area contributed by atoms with E-state index in [0.29, 0.717) is 11.6 Å². The first kappa shape index (κ1) is 13.9. The third-order valence-electron chi connectivity index (χ3n) is 1.99. The molecule has 1 N–H and O–H groups in total. The highest BCUT2D eigenvalue weighted by molar-refractivity contribution is 7.89. The Morgan fingerprint density at radius 1 is 1.53 bits per heavy atom. The van der Waals surface area contributed by atoms with Gasteiger partial charge < -0.3 is 0 Å². The number of sulfonamides is 1. The van der Waals surface area contributed by atoms with Crippen LogP contribution in [0, 0.1) is 11.3 Å². The number of hydrogen-bond acceptors (Lipinski definition) is 4. The fourth-order valence-corrected chi connectivity index (χ4v) is 2.41. The van der Waals surface area contributed by atoms with Crippen LogP contribution in [-0.2, 0) is 16.6 Å². The second-order valence-electron chi connectivity index (χ2n) is 3.39. The second-order valence-corrected chi connectivity index (χ2v) is 5.70. The quantitative estimate of drug-likeness (QED) is 0.628. The van der Waals surface area contributed by atoms with Crippen LogP contribution < -0.4 is 4.72 Å². The van der Waals surface area contributed by atoms with Crippen molar-refractivity contribution in [3.8, 4) is 6.07 Å². The molecule has 1 rings (SSSR count). The molecule has 92 valence electrons. The standard InChI is InChI=1S/C10H12ClN3O2S/c11-10-7-9(3-5-13-10)8-14-17(15,16)6-2-1-4-12/h3,5,7,14H,1-2,6,8H2. The number of rotatable bonds is 6. The normalized spacial score (nSPS) is 11.1. The van der Waals surface area contributed by atoms with Crippen molar-refractivity contribution in [3.05, 3.63) is 29.0 Å². The molecule has 0 amide bonds. The highest BCUT2D eigenvalue weighted by atomic mass is 35.5. The van der Waals surface area contributed by atoms with Crippen LogP contribution in [0.25, 0.3) is 0 Å². The topological polar surface area (TPSA) is 82.8 Å². The summed E-state index contributed by atoms with van der Waals surface area (Å²) >= 11 is 5.67. The lowest BCUT2D eigenvalue weighted by atomic mass is 10.3. The number of nitrogens with zero attached hydrogens (tertiary/aromatic N) is 2. The van der Waals surface area contributed by atoms with Gasteiger partial charge in [0.1, 0.15) is 5.15 Å². The maximum absolute atomic E-state index is 11.5. The number of unbranched alkanes of at least 4 members (excludes halogenated alkanes) is 1. The average molecular weight is 274 g/mol. The van der Waals surface area contributed by atoms with Crippen LogP contribution in [0.2, 0.25) is 5.15 Å². The highest BCUT2D eigenvalue weighted by Gasteiger charge is 2.09. The lowest BCUT2D eigenvalue weighted by Gasteiger charge is -2.05. The molecule has 0 atom stereocenters. The molecule has 0 aliphatic heterocycles. The summed E-state index contributed by atoms with van der Waals surface area (Å²) in [6.45, 7) is 0.178. The first-order valence-corrected chi connectivity index (χ1v) is 7.01. The fraction of sp³-hybridized carbons (Fsp3) is 0.400. The molecule has 0 spiro atoms. The van der Waals surface area contributed by atoms with Crippen LogP contribution in [-0.4, -0.2) is 19.2 Å². The molecule has 0 bridgehead atoms. The second kappa shape index (κ2) is 6.55. The zero-order valence-electron chi connectivity index (χ0n) is 9.06. The van der Waals surface area contributed by atoms with Crippen LogP contribution in [0.1, 0.15) is 18.4 Å². The van der Waals surface area contributed by atoms with E-state index in [2.05, 4.69) is 9.71 Å². The zero-order valence-corrected chi connectivity index (χ0v) is 10.6. The summed E-state index contributed by atoms with van der Waals surface area (Å²) in [7, 11) is -3.33. The molecule has 0 aliphatic carbocycles. The van der Waals surface area contributed by atoms with Gasteiger partial charge in [0, 0.05) is 19.2 Å². The Labute approximate surface area is 105 Å². The third kappa shape index (κ3) is 5.63. The Balaban J connectivity index is 2.47. The number of halogens is 1. The van der Waals surface area contributed by atoms with Gasteiger partial charge in [-0.15, -0.1) is 0 Å².